The number of hydrogen-bond donors (Lipinski definition) is 0. The van der Waals surface area contributed by atoms with E-state index >= 15 is 0 Å². The van der Waals surface area contributed by atoms with Crippen LogP contribution in [0.2, 0.25) is 0 Å². The highest BCUT2D eigenvalue weighted by Gasteiger charge is 2.23. The molecule has 0 saturated heterocycles. The summed E-state index contributed by atoms with van der Waals surface area (Å²) in [6.45, 7) is 0. The monoisotopic (exact) mass is 1200 g/mol. The second kappa shape index (κ2) is 19.2. The minimum Gasteiger partial charge on any atom is -0.309 e. The maximum atomic E-state index is 5.82. The zero-order valence-electron chi connectivity index (χ0n) is 48.1. The molecule has 0 radical (unpaired) electrons. The molecular formula is C82H47N5S3. The van der Waals surface area contributed by atoms with E-state index in [4.69, 9.17) is 9.97 Å². The van der Waals surface area contributed by atoms with Crippen molar-refractivity contribution < 1.29 is 0 Å². The van der Waals surface area contributed by atoms with Crippen LogP contribution in [0.25, 0.3) is 188 Å². The van der Waals surface area contributed by atoms with Gasteiger partial charge in [0.05, 0.1) is 38.8 Å². The van der Waals surface area contributed by atoms with E-state index in [-0.39, 0.29) is 0 Å². The molecule has 0 amide bonds. The van der Waals surface area contributed by atoms with Gasteiger partial charge in [0.1, 0.15) is 5.82 Å². The summed E-state index contributed by atoms with van der Waals surface area (Å²) in [6, 6.07) is 105. The molecule has 0 spiro atoms. The molecule has 0 N–H and O–H groups in total. The molecule has 0 bridgehead atoms. The highest BCUT2D eigenvalue weighted by atomic mass is 32.1. The molecule has 7 aromatic heterocycles. The van der Waals surface area contributed by atoms with Gasteiger partial charge in [-0.2, -0.15) is 4.98 Å². The lowest BCUT2D eigenvalue weighted by Gasteiger charge is -2.15. The number of benzene rings is 13. The van der Waals surface area contributed by atoms with E-state index < -0.39 is 0 Å². The molecule has 0 aliphatic rings. The second-order valence-electron chi connectivity index (χ2n) is 23.6. The van der Waals surface area contributed by atoms with Crippen LogP contribution in [0.4, 0.5) is 0 Å². The minimum absolute atomic E-state index is 0.587. The number of hydrogen-bond acceptors (Lipinski definition) is 5. The first-order valence-electron chi connectivity index (χ1n) is 30.4. The molecule has 0 aliphatic carbocycles. The third kappa shape index (κ3) is 7.53. The predicted octanol–water partition coefficient (Wildman–Crippen LogP) is 23.5. The van der Waals surface area contributed by atoms with E-state index in [0.717, 1.165) is 88.5 Å². The largest absolute Gasteiger partial charge is 0.309 e. The van der Waals surface area contributed by atoms with Crippen LogP contribution >= 0.6 is 34.0 Å². The van der Waals surface area contributed by atoms with E-state index in [1.807, 2.05) is 34.0 Å². The molecule has 20 aromatic rings. The van der Waals surface area contributed by atoms with Gasteiger partial charge in [0.2, 0.25) is 5.95 Å². The van der Waals surface area contributed by atoms with Crippen molar-refractivity contribution in [3.05, 3.63) is 285 Å². The molecule has 0 fully saturated rings. The van der Waals surface area contributed by atoms with Crippen LogP contribution < -0.4 is 0 Å². The Labute approximate surface area is 527 Å². The Bertz CT molecular complexity index is 6190. The van der Waals surface area contributed by atoms with Crippen LogP contribution in [0.15, 0.2) is 285 Å². The standard InChI is InChI=1S/C82H47N5S3/c1-7-22-69-56(16-1)59-34-28-51(48-31-37-78-65(41-48)62-19-4-10-25-75(62)88-78)44-72(59)85(69)55-15-13-14-54(40-55)68-47-81(86-70-23-8-2-17-57(70)60-35-29-52(45-73(60)86)49-32-38-79-66(42-49)63-20-5-11-26-76(63)89-79)84-82(83-68)87-71-24-9-3-18-58(71)61-36-30-53(46-74(61)87)50-33-39-80-67(43-50)64-21-6-12-27-77(64)90-80/h1-47H. The van der Waals surface area contributed by atoms with E-state index in [1.165, 1.54) is 93.5 Å². The van der Waals surface area contributed by atoms with E-state index in [0.29, 0.717) is 5.95 Å². The summed E-state index contributed by atoms with van der Waals surface area (Å²) in [5.74, 6) is 1.36. The molecule has 0 atom stereocenters. The van der Waals surface area contributed by atoms with Crippen LogP contribution in [0.1, 0.15) is 0 Å². The Hall–Kier alpha value is -11.0. The molecule has 418 valence electrons. The first kappa shape index (κ1) is 50.0. The van der Waals surface area contributed by atoms with Gasteiger partial charge in [-0.15, -0.1) is 34.0 Å². The van der Waals surface area contributed by atoms with Crippen LogP contribution in [-0.2, 0) is 0 Å². The fourth-order valence-electron chi connectivity index (χ4n) is 14.5. The second-order valence-corrected chi connectivity index (χ2v) is 26.9. The quantitative estimate of drug-likeness (QED) is 0.160. The van der Waals surface area contributed by atoms with Crippen molar-refractivity contribution in [1.82, 2.24) is 23.7 Å². The molecule has 90 heavy (non-hydrogen) atoms. The lowest BCUT2D eigenvalue weighted by atomic mass is 10.0. The number of aromatic nitrogens is 5. The van der Waals surface area contributed by atoms with Gasteiger partial charge in [-0.25, -0.2) is 4.98 Å². The lowest BCUT2D eigenvalue weighted by molar-refractivity contribution is 0.952. The maximum Gasteiger partial charge on any atom is 0.237 e. The molecule has 5 nitrogen and oxygen atoms in total. The van der Waals surface area contributed by atoms with Crippen molar-refractivity contribution >= 4 is 160 Å². The Kier molecular flexibility index (Phi) is 10.7. The van der Waals surface area contributed by atoms with Crippen molar-refractivity contribution in [3.8, 4) is 62.1 Å². The van der Waals surface area contributed by atoms with Gasteiger partial charge < -0.3 is 4.57 Å². The van der Waals surface area contributed by atoms with Crippen LogP contribution in [0.3, 0.4) is 0 Å². The Morgan fingerprint density at radius 3 is 1.04 bits per heavy atom. The molecule has 0 aliphatic heterocycles. The van der Waals surface area contributed by atoms with Gasteiger partial charge in [-0.3, -0.25) is 9.13 Å². The van der Waals surface area contributed by atoms with Crippen LogP contribution in [-0.4, -0.2) is 23.7 Å². The predicted molar refractivity (Wildman–Crippen MR) is 385 cm³/mol. The van der Waals surface area contributed by atoms with Crippen molar-refractivity contribution in [2.45, 2.75) is 0 Å². The molecule has 13 aromatic carbocycles. The SMILES string of the molecule is c1cc(-c2cc(-n3c4ccccc4c4ccc(-c5ccc6sc7ccccc7c6c5)cc43)nc(-n3c4ccccc4c4ccc(-c5ccc6sc7ccccc7c6c5)cc43)n2)cc(-n2c3ccccc3c3ccc(-c4ccc5sc6ccccc6c5c4)cc32)c1. The summed E-state index contributed by atoms with van der Waals surface area (Å²) in [7, 11) is 0. The van der Waals surface area contributed by atoms with E-state index in [9.17, 15) is 0 Å². The number of nitrogens with zero attached hydrogens (tertiary/aromatic N) is 5. The number of rotatable bonds is 7. The number of thiophene rings is 3. The molecular weight excluding hydrogens is 1150 g/mol. The summed E-state index contributed by atoms with van der Waals surface area (Å²) in [5, 5.41) is 14.7. The first-order valence-corrected chi connectivity index (χ1v) is 32.9. The average Bonchev–Trinajstić information content (AvgIpc) is 1.64. The van der Waals surface area contributed by atoms with Crippen molar-refractivity contribution in [2.75, 3.05) is 0 Å². The normalized spacial score (nSPS) is 12.2. The van der Waals surface area contributed by atoms with Crippen LogP contribution in [0.5, 0.6) is 0 Å². The summed E-state index contributed by atoms with van der Waals surface area (Å²) >= 11 is 5.56. The molecule has 7 heterocycles. The molecule has 20 rings (SSSR count). The molecule has 8 heteroatoms. The maximum absolute atomic E-state index is 5.82. The van der Waals surface area contributed by atoms with E-state index in [1.54, 1.807) is 0 Å². The minimum atomic E-state index is 0.587. The zero-order chi connectivity index (χ0) is 58.7. The summed E-state index contributed by atoms with van der Waals surface area (Å²) in [4.78, 5) is 11.6. The van der Waals surface area contributed by atoms with Gasteiger partial charge in [0.15, 0.2) is 0 Å². The van der Waals surface area contributed by atoms with Crippen molar-refractivity contribution in [1.29, 1.82) is 0 Å². The van der Waals surface area contributed by atoms with Gasteiger partial charge in [0, 0.05) is 110 Å². The van der Waals surface area contributed by atoms with Gasteiger partial charge in [-0.05, 0) is 137 Å². The molecule has 0 saturated carbocycles. The molecule has 0 unspecified atom stereocenters. The Morgan fingerprint density at radius 1 is 0.211 bits per heavy atom. The zero-order valence-corrected chi connectivity index (χ0v) is 50.5. The van der Waals surface area contributed by atoms with Crippen molar-refractivity contribution in [3.63, 3.8) is 0 Å². The highest BCUT2D eigenvalue weighted by Crippen LogP contribution is 2.44. The topological polar surface area (TPSA) is 40.6 Å². The third-order valence-electron chi connectivity index (χ3n) is 18.7. The Morgan fingerprint density at radius 2 is 0.567 bits per heavy atom. The number of fused-ring (bicyclic) bond motifs is 18. The van der Waals surface area contributed by atoms with Gasteiger partial charge in [-0.1, -0.05) is 176 Å². The van der Waals surface area contributed by atoms with Gasteiger partial charge >= 0.3 is 0 Å². The van der Waals surface area contributed by atoms with Crippen LogP contribution in [0, 0.1) is 0 Å². The highest BCUT2D eigenvalue weighted by molar-refractivity contribution is 7.26. The smallest absolute Gasteiger partial charge is 0.237 e. The fraction of sp³-hybridized carbons (Fsp3) is 0. The van der Waals surface area contributed by atoms with E-state index in [2.05, 4.69) is 299 Å². The van der Waals surface area contributed by atoms with Crippen molar-refractivity contribution in [2.24, 2.45) is 0 Å². The Balaban J connectivity index is 0.814. The fourth-order valence-corrected chi connectivity index (χ4v) is 17.8. The lowest BCUT2D eigenvalue weighted by Crippen LogP contribution is -2.07. The average molecular weight is 1200 g/mol. The summed E-state index contributed by atoms with van der Waals surface area (Å²) in [5.41, 5.74) is 16.3. The number of para-hydroxylation sites is 3. The first-order chi connectivity index (χ1) is 44.6. The summed E-state index contributed by atoms with van der Waals surface area (Å²) in [6.07, 6.45) is 0. The summed E-state index contributed by atoms with van der Waals surface area (Å²) < 4.78 is 14.9. The van der Waals surface area contributed by atoms with Gasteiger partial charge in [0.25, 0.3) is 0 Å². The third-order valence-corrected chi connectivity index (χ3v) is 22.1.